The van der Waals surface area contributed by atoms with Gasteiger partial charge in [0.2, 0.25) is 11.8 Å². The maximum Gasteiger partial charge on any atom is 0.228 e. The summed E-state index contributed by atoms with van der Waals surface area (Å²) in [5.74, 6) is -0.317. The predicted octanol–water partition coefficient (Wildman–Crippen LogP) is 4.95. The highest BCUT2D eigenvalue weighted by atomic mass is 16.2. The number of hydrogen-bond acceptors (Lipinski definition) is 2. The molecule has 3 rings (SSSR count). The highest BCUT2D eigenvalue weighted by Crippen LogP contribution is 2.41. The minimum atomic E-state index is -0.253. The molecule has 1 fully saturated rings. The zero-order chi connectivity index (χ0) is 19.7. The molecule has 1 saturated carbocycles. The Balaban J connectivity index is 1.64. The number of benzene rings is 2. The summed E-state index contributed by atoms with van der Waals surface area (Å²) >= 11 is 0. The highest BCUT2D eigenvalue weighted by Gasteiger charge is 2.48. The number of hydrogen-bond donors (Lipinski definition) is 2. The van der Waals surface area contributed by atoms with E-state index < -0.39 is 0 Å². The summed E-state index contributed by atoms with van der Waals surface area (Å²) < 4.78 is 0. The minimum absolute atomic E-state index is 0.0673. The topological polar surface area (TPSA) is 58.2 Å². The molecule has 142 valence electrons. The van der Waals surface area contributed by atoms with Crippen molar-refractivity contribution in [1.29, 1.82) is 0 Å². The van der Waals surface area contributed by atoms with Crippen molar-refractivity contribution < 1.29 is 9.59 Å². The molecule has 4 nitrogen and oxygen atoms in total. The molecule has 2 unspecified atom stereocenters. The second-order valence-corrected chi connectivity index (χ2v) is 7.94. The molecule has 2 aromatic carbocycles. The molecule has 0 heterocycles. The number of carbonyl (C=O) groups is 2. The third-order valence-corrected chi connectivity index (χ3v) is 5.23. The van der Waals surface area contributed by atoms with E-state index in [9.17, 15) is 9.59 Å². The quantitative estimate of drug-likeness (QED) is 0.789. The van der Waals surface area contributed by atoms with Crippen LogP contribution in [0.4, 0.5) is 11.4 Å². The molecule has 2 atom stereocenters. The van der Waals surface area contributed by atoms with E-state index in [-0.39, 0.29) is 23.7 Å². The Labute approximate surface area is 161 Å². The van der Waals surface area contributed by atoms with E-state index in [4.69, 9.17) is 0 Å². The van der Waals surface area contributed by atoms with Crippen LogP contribution in [0, 0.1) is 32.6 Å². The zero-order valence-corrected chi connectivity index (χ0v) is 16.7. The van der Waals surface area contributed by atoms with Crippen molar-refractivity contribution in [2.45, 2.75) is 47.0 Å². The standard InChI is InChI=1S/C23H28N2O2/c1-13(2)17-8-6-7-9-20(17)24-22(26)18-12-19(18)23(27)25-21-15(4)10-14(3)11-16(21)5/h6-11,13,18-19H,12H2,1-5H3,(H,24,26)(H,25,27). The summed E-state index contributed by atoms with van der Waals surface area (Å²) in [6, 6.07) is 12.0. The van der Waals surface area contributed by atoms with E-state index in [0.717, 1.165) is 28.1 Å². The van der Waals surface area contributed by atoms with Gasteiger partial charge in [-0.25, -0.2) is 0 Å². The largest absolute Gasteiger partial charge is 0.326 e. The van der Waals surface area contributed by atoms with Gasteiger partial charge in [0, 0.05) is 11.4 Å². The number of amides is 2. The highest BCUT2D eigenvalue weighted by molar-refractivity contribution is 6.04. The van der Waals surface area contributed by atoms with Crippen molar-refractivity contribution in [3.05, 3.63) is 58.7 Å². The van der Waals surface area contributed by atoms with Crippen molar-refractivity contribution >= 4 is 23.2 Å². The zero-order valence-electron chi connectivity index (χ0n) is 16.7. The van der Waals surface area contributed by atoms with Crippen LogP contribution in [0.2, 0.25) is 0 Å². The summed E-state index contributed by atoms with van der Waals surface area (Å²) in [5.41, 5.74) is 6.09. The molecule has 2 amide bonds. The summed E-state index contributed by atoms with van der Waals surface area (Å²) in [6.45, 7) is 10.2. The van der Waals surface area contributed by atoms with Crippen molar-refractivity contribution in [2.75, 3.05) is 10.6 Å². The van der Waals surface area contributed by atoms with E-state index >= 15 is 0 Å². The fourth-order valence-electron chi connectivity index (χ4n) is 3.71. The third-order valence-electron chi connectivity index (χ3n) is 5.23. The molecule has 0 spiro atoms. The SMILES string of the molecule is Cc1cc(C)c(NC(=O)C2CC2C(=O)Nc2ccccc2C(C)C)c(C)c1. The van der Waals surface area contributed by atoms with Gasteiger partial charge in [0.15, 0.2) is 0 Å². The number of carbonyl (C=O) groups excluding carboxylic acids is 2. The van der Waals surface area contributed by atoms with Crippen LogP contribution in [0.5, 0.6) is 0 Å². The van der Waals surface area contributed by atoms with E-state index in [0.29, 0.717) is 12.3 Å². The van der Waals surface area contributed by atoms with Crippen molar-refractivity contribution in [1.82, 2.24) is 0 Å². The smallest absolute Gasteiger partial charge is 0.228 e. The van der Waals surface area contributed by atoms with Crippen molar-refractivity contribution in [2.24, 2.45) is 11.8 Å². The Morgan fingerprint density at radius 3 is 2.07 bits per heavy atom. The van der Waals surface area contributed by atoms with E-state index in [1.165, 1.54) is 5.56 Å². The maximum atomic E-state index is 12.6. The van der Waals surface area contributed by atoms with Crippen LogP contribution in [-0.4, -0.2) is 11.8 Å². The maximum absolute atomic E-state index is 12.6. The Morgan fingerprint density at radius 2 is 1.48 bits per heavy atom. The Kier molecular flexibility index (Phi) is 5.36. The first-order valence-corrected chi connectivity index (χ1v) is 9.56. The lowest BCUT2D eigenvalue weighted by Crippen LogP contribution is -2.21. The van der Waals surface area contributed by atoms with Gasteiger partial charge in [0.1, 0.15) is 0 Å². The second-order valence-electron chi connectivity index (χ2n) is 7.94. The van der Waals surface area contributed by atoms with Crippen LogP contribution in [0.15, 0.2) is 36.4 Å². The molecule has 0 aromatic heterocycles. The summed E-state index contributed by atoms with van der Waals surface area (Å²) in [5, 5.41) is 6.04. The van der Waals surface area contributed by atoms with Gasteiger partial charge in [-0.05, 0) is 55.9 Å². The average molecular weight is 364 g/mol. The Hall–Kier alpha value is -2.62. The van der Waals surface area contributed by atoms with Gasteiger partial charge in [-0.3, -0.25) is 9.59 Å². The molecule has 4 heteroatoms. The molecule has 0 saturated heterocycles. The molecule has 2 N–H and O–H groups in total. The molecule has 27 heavy (non-hydrogen) atoms. The molecule has 0 aliphatic heterocycles. The molecular weight excluding hydrogens is 336 g/mol. The first-order chi connectivity index (χ1) is 12.8. The number of rotatable bonds is 5. The normalized spacial score (nSPS) is 18.3. The van der Waals surface area contributed by atoms with Crippen LogP contribution in [-0.2, 0) is 9.59 Å². The lowest BCUT2D eigenvalue weighted by atomic mass is 10.0. The van der Waals surface area contributed by atoms with Gasteiger partial charge in [-0.2, -0.15) is 0 Å². The molecule has 0 radical (unpaired) electrons. The fraction of sp³-hybridized carbons (Fsp3) is 0.391. The fourth-order valence-corrected chi connectivity index (χ4v) is 3.71. The van der Waals surface area contributed by atoms with E-state index in [2.05, 4.69) is 36.6 Å². The van der Waals surface area contributed by atoms with Gasteiger partial charge in [-0.1, -0.05) is 49.7 Å². The van der Waals surface area contributed by atoms with Gasteiger partial charge in [-0.15, -0.1) is 0 Å². The van der Waals surface area contributed by atoms with Gasteiger partial charge in [0.05, 0.1) is 11.8 Å². The lowest BCUT2D eigenvalue weighted by Gasteiger charge is -2.14. The van der Waals surface area contributed by atoms with Crippen LogP contribution in [0.25, 0.3) is 0 Å². The number of anilines is 2. The van der Waals surface area contributed by atoms with Crippen LogP contribution >= 0.6 is 0 Å². The summed E-state index contributed by atoms with van der Waals surface area (Å²) in [4.78, 5) is 25.2. The van der Waals surface area contributed by atoms with Gasteiger partial charge < -0.3 is 10.6 Å². The number of para-hydroxylation sites is 1. The van der Waals surface area contributed by atoms with Crippen molar-refractivity contribution in [3.8, 4) is 0 Å². The number of aryl methyl sites for hydroxylation is 3. The minimum Gasteiger partial charge on any atom is -0.326 e. The monoisotopic (exact) mass is 364 g/mol. The first kappa shape index (κ1) is 19.2. The molecule has 1 aliphatic rings. The third kappa shape index (κ3) is 4.21. The van der Waals surface area contributed by atoms with E-state index in [1.807, 2.05) is 45.0 Å². The van der Waals surface area contributed by atoms with Gasteiger partial charge in [0.25, 0.3) is 0 Å². The molecule has 0 bridgehead atoms. The second kappa shape index (κ2) is 7.55. The Bertz CT molecular complexity index is 863. The lowest BCUT2D eigenvalue weighted by molar-refractivity contribution is -0.122. The number of nitrogens with one attached hydrogen (secondary N) is 2. The summed E-state index contributed by atoms with van der Waals surface area (Å²) in [6.07, 6.45) is 0.603. The molecule has 2 aromatic rings. The van der Waals surface area contributed by atoms with E-state index in [1.54, 1.807) is 0 Å². The summed E-state index contributed by atoms with van der Waals surface area (Å²) in [7, 11) is 0. The van der Waals surface area contributed by atoms with Crippen LogP contribution in [0.1, 0.15) is 48.4 Å². The Morgan fingerprint density at radius 1 is 0.926 bits per heavy atom. The predicted molar refractivity (Wildman–Crippen MR) is 110 cm³/mol. The average Bonchev–Trinajstić information content (AvgIpc) is 3.39. The molecular formula is C23H28N2O2. The van der Waals surface area contributed by atoms with Crippen LogP contribution < -0.4 is 10.6 Å². The van der Waals surface area contributed by atoms with Crippen LogP contribution in [0.3, 0.4) is 0 Å². The molecule has 1 aliphatic carbocycles. The van der Waals surface area contributed by atoms with Gasteiger partial charge >= 0.3 is 0 Å². The van der Waals surface area contributed by atoms with Crippen molar-refractivity contribution in [3.63, 3.8) is 0 Å². The first-order valence-electron chi connectivity index (χ1n) is 9.56.